The third-order valence-electron chi connectivity index (χ3n) is 3.29. The lowest BCUT2D eigenvalue weighted by Gasteiger charge is -2.22. The molecule has 0 spiro atoms. The molecule has 2 aromatic rings. The number of benzene rings is 1. The zero-order valence-corrected chi connectivity index (χ0v) is 10.3. The van der Waals surface area contributed by atoms with Crippen molar-refractivity contribution in [1.82, 2.24) is 4.98 Å². The van der Waals surface area contributed by atoms with Gasteiger partial charge in [0.05, 0.1) is 23.9 Å². The maximum Gasteiger partial charge on any atom is 0.0891 e. The Bertz CT molecular complexity index is 521. The number of fused-ring (bicyclic) bond motifs is 1. The van der Waals surface area contributed by atoms with Crippen molar-refractivity contribution in [3.05, 3.63) is 42.1 Å². The highest BCUT2D eigenvalue weighted by Gasteiger charge is 2.14. The Morgan fingerprint density at radius 3 is 2.83 bits per heavy atom. The average Bonchev–Trinajstić information content (AvgIpc) is 2.46. The van der Waals surface area contributed by atoms with Gasteiger partial charge in [-0.15, -0.1) is 0 Å². The molecule has 0 N–H and O–H groups in total. The monoisotopic (exact) mass is 243 g/mol. The molecule has 1 aromatic heterocycles. The molecule has 3 rings (SSSR count). The van der Waals surface area contributed by atoms with Gasteiger partial charge in [-0.25, -0.2) is 0 Å². The Balaban J connectivity index is 1.66. The molecular weight excluding hydrogens is 226 g/mol. The molecule has 18 heavy (non-hydrogen) atoms. The minimum atomic E-state index is 0.326. The molecular formula is C15H17NO2. The number of hydrogen-bond donors (Lipinski definition) is 0. The van der Waals surface area contributed by atoms with E-state index in [1.165, 1.54) is 5.39 Å². The Morgan fingerprint density at radius 2 is 1.94 bits per heavy atom. The van der Waals surface area contributed by atoms with Gasteiger partial charge in [0.15, 0.2) is 0 Å². The Kier molecular flexibility index (Phi) is 3.53. The summed E-state index contributed by atoms with van der Waals surface area (Å²) in [6, 6.07) is 12.3. The van der Waals surface area contributed by atoms with Crippen LogP contribution in [0.4, 0.5) is 0 Å². The second-order valence-corrected chi connectivity index (χ2v) is 4.62. The summed E-state index contributed by atoms with van der Waals surface area (Å²) in [4.78, 5) is 4.60. The summed E-state index contributed by atoms with van der Waals surface area (Å²) in [6.45, 7) is 2.22. The maximum absolute atomic E-state index is 5.88. The third kappa shape index (κ3) is 2.68. The van der Waals surface area contributed by atoms with Crippen molar-refractivity contribution >= 4 is 10.9 Å². The van der Waals surface area contributed by atoms with Crippen LogP contribution in [-0.4, -0.2) is 24.3 Å². The van der Waals surface area contributed by atoms with Crippen molar-refractivity contribution < 1.29 is 9.47 Å². The van der Waals surface area contributed by atoms with E-state index in [2.05, 4.69) is 17.1 Å². The molecule has 1 fully saturated rings. The largest absolute Gasteiger partial charge is 0.381 e. The fourth-order valence-corrected chi connectivity index (χ4v) is 2.23. The number of pyridine rings is 1. The first-order valence-corrected chi connectivity index (χ1v) is 6.46. The summed E-state index contributed by atoms with van der Waals surface area (Å²) in [6.07, 6.45) is 2.31. The van der Waals surface area contributed by atoms with Gasteiger partial charge in [-0.2, -0.15) is 0 Å². The van der Waals surface area contributed by atoms with Crippen LogP contribution in [0.1, 0.15) is 18.5 Å². The van der Waals surface area contributed by atoms with Crippen LogP contribution in [-0.2, 0) is 16.1 Å². The predicted octanol–water partition coefficient (Wildman–Crippen LogP) is 2.93. The van der Waals surface area contributed by atoms with Crippen LogP contribution in [0.15, 0.2) is 36.4 Å². The van der Waals surface area contributed by atoms with E-state index < -0.39 is 0 Å². The van der Waals surface area contributed by atoms with E-state index in [0.717, 1.165) is 37.3 Å². The van der Waals surface area contributed by atoms with E-state index in [1.807, 2.05) is 24.3 Å². The summed E-state index contributed by atoms with van der Waals surface area (Å²) in [5.74, 6) is 0. The number of ether oxygens (including phenoxy) is 2. The molecule has 0 aliphatic carbocycles. The van der Waals surface area contributed by atoms with Crippen LogP contribution in [0.5, 0.6) is 0 Å². The van der Waals surface area contributed by atoms with Crippen molar-refractivity contribution in [2.45, 2.75) is 25.6 Å². The highest BCUT2D eigenvalue weighted by Crippen LogP contribution is 2.15. The first-order valence-electron chi connectivity index (χ1n) is 6.46. The van der Waals surface area contributed by atoms with E-state index in [-0.39, 0.29) is 0 Å². The predicted molar refractivity (Wildman–Crippen MR) is 70.4 cm³/mol. The molecule has 1 aliphatic rings. The van der Waals surface area contributed by atoms with Crippen LogP contribution < -0.4 is 0 Å². The molecule has 0 radical (unpaired) electrons. The third-order valence-corrected chi connectivity index (χ3v) is 3.29. The second kappa shape index (κ2) is 5.46. The number of para-hydroxylation sites is 1. The van der Waals surface area contributed by atoms with Gasteiger partial charge in [0, 0.05) is 18.6 Å². The molecule has 1 aliphatic heterocycles. The van der Waals surface area contributed by atoms with E-state index >= 15 is 0 Å². The van der Waals surface area contributed by atoms with E-state index in [1.54, 1.807) is 0 Å². The zero-order chi connectivity index (χ0) is 12.2. The molecule has 0 bridgehead atoms. The van der Waals surface area contributed by atoms with Crippen molar-refractivity contribution in [2.24, 2.45) is 0 Å². The summed E-state index contributed by atoms with van der Waals surface area (Å²) >= 11 is 0. The summed E-state index contributed by atoms with van der Waals surface area (Å²) in [7, 11) is 0. The number of nitrogens with zero attached hydrogens (tertiary/aromatic N) is 1. The van der Waals surface area contributed by atoms with Crippen molar-refractivity contribution in [1.29, 1.82) is 0 Å². The quantitative estimate of drug-likeness (QED) is 0.830. The fourth-order valence-electron chi connectivity index (χ4n) is 2.23. The van der Waals surface area contributed by atoms with Gasteiger partial charge in [0.1, 0.15) is 0 Å². The topological polar surface area (TPSA) is 31.4 Å². The number of hydrogen-bond acceptors (Lipinski definition) is 3. The minimum absolute atomic E-state index is 0.326. The minimum Gasteiger partial charge on any atom is -0.381 e. The molecule has 0 saturated carbocycles. The van der Waals surface area contributed by atoms with E-state index in [4.69, 9.17) is 9.47 Å². The first-order chi connectivity index (χ1) is 8.92. The summed E-state index contributed by atoms with van der Waals surface area (Å²) in [5.41, 5.74) is 2.03. The Labute approximate surface area is 107 Å². The van der Waals surface area contributed by atoms with Gasteiger partial charge < -0.3 is 9.47 Å². The Hall–Kier alpha value is -1.45. The van der Waals surface area contributed by atoms with Crippen LogP contribution >= 0.6 is 0 Å². The molecule has 1 aromatic carbocycles. The first kappa shape index (κ1) is 11.6. The standard InChI is InChI=1S/C15H17NO2/c1-2-4-15-12(3-1)5-6-13(16-15)11-18-14-7-9-17-10-8-14/h1-6,14H,7-11H2. The molecule has 3 nitrogen and oxygen atoms in total. The van der Waals surface area contributed by atoms with Crippen LogP contribution in [0, 0.1) is 0 Å². The smallest absolute Gasteiger partial charge is 0.0891 e. The number of aromatic nitrogens is 1. The lowest BCUT2D eigenvalue weighted by molar-refractivity contribution is -0.0398. The van der Waals surface area contributed by atoms with Crippen molar-refractivity contribution in [2.75, 3.05) is 13.2 Å². The molecule has 2 heterocycles. The van der Waals surface area contributed by atoms with Gasteiger partial charge in [-0.05, 0) is 25.0 Å². The summed E-state index contributed by atoms with van der Waals surface area (Å²) < 4.78 is 11.2. The van der Waals surface area contributed by atoms with Gasteiger partial charge in [-0.1, -0.05) is 24.3 Å². The summed E-state index contributed by atoms with van der Waals surface area (Å²) in [5, 5.41) is 1.17. The molecule has 3 heteroatoms. The normalized spacial score (nSPS) is 17.1. The molecule has 94 valence electrons. The SMILES string of the molecule is c1ccc2nc(COC3CCOCC3)ccc2c1. The van der Waals surface area contributed by atoms with Gasteiger partial charge in [-0.3, -0.25) is 4.98 Å². The Morgan fingerprint density at radius 1 is 1.11 bits per heavy atom. The van der Waals surface area contributed by atoms with E-state index in [9.17, 15) is 0 Å². The zero-order valence-electron chi connectivity index (χ0n) is 10.3. The lowest BCUT2D eigenvalue weighted by atomic mass is 10.1. The second-order valence-electron chi connectivity index (χ2n) is 4.62. The number of rotatable bonds is 3. The fraction of sp³-hybridized carbons (Fsp3) is 0.400. The highest BCUT2D eigenvalue weighted by atomic mass is 16.5. The van der Waals surface area contributed by atoms with E-state index in [0.29, 0.717) is 12.7 Å². The highest BCUT2D eigenvalue weighted by molar-refractivity contribution is 5.78. The van der Waals surface area contributed by atoms with Gasteiger partial charge in [0.2, 0.25) is 0 Å². The molecule has 0 amide bonds. The van der Waals surface area contributed by atoms with Crippen molar-refractivity contribution in [3.8, 4) is 0 Å². The van der Waals surface area contributed by atoms with Crippen LogP contribution in [0.25, 0.3) is 10.9 Å². The average molecular weight is 243 g/mol. The van der Waals surface area contributed by atoms with Gasteiger partial charge in [0.25, 0.3) is 0 Å². The maximum atomic E-state index is 5.88. The van der Waals surface area contributed by atoms with Crippen LogP contribution in [0.2, 0.25) is 0 Å². The van der Waals surface area contributed by atoms with Gasteiger partial charge >= 0.3 is 0 Å². The molecule has 1 saturated heterocycles. The van der Waals surface area contributed by atoms with Crippen molar-refractivity contribution in [3.63, 3.8) is 0 Å². The molecule has 0 unspecified atom stereocenters. The van der Waals surface area contributed by atoms with Crippen LogP contribution in [0.3, 0.4) is 0 Å². The lowest BCUT2D eigenvalue weighted by Crippen LogP contribution is -2.23. The molecule has 0 atom stereocenters.